The second-order valence-electron chi connectivity index (χ2n) is 5.79. The number of halogens is 2. The van der Waals surface area contributed by atoms with Gasteiger partial charge in [0.15, 0.2) is 0 Å². The van der Waals surface area contributed by atoms with E-state index in [9.17, 15) is 4.39 Å². The largest absolute Gasteiger partial charge is 0.455 e. The van der Waals surface area contributed by atoms with E-state index in [0.29, 0.717) is 28.0 Å². The Morgan fingerprint density at radius 1 is 1.00 bits per heavy atom. The molecule has 29 heavy (non-hydrogen) atoms. The number of pyridine rings is 2. The number of nitrogens with zero attached hydrogens (tertiary/aromatic N) is 4. The van der Waals surface area contributed by atoms with Gasteiger partial charge in [-0.1, -0.05) is 25.4 Å². The summed E-state index contributed by atoms with van der Waals surface area (Å²) in [5.74, 6) is 1.11. The molecule has 0 bridgehead atoms. The fourth-order valence-corrected chi connectivity index (χ4v) is 2.74. The average molecular weight is 412 g/mol. The Bertz CT molecular complexity index is 1140. The molecule has 0 radical (unpaired) electrons. The summed E-state index contributed by atoms with van der Waals surface area (Å²) in [5.41, 5.74) is 2.36. The van der Waals surface area contributed by atoms with Crippen molar-refractivity contribution in [3.05, 3.63) is 71.8 Å². The predicted octanol–water partition coefficient (Wildman–Crippen LogP) is 6.08. The molecule has 0 atom stereocenters. The molecular weight excluding hydrogens is 393 g/mol. The van der Waals surface area contributed by atoms with Crippen LogP contribution in [0.5, 0.6) is 11.5 Å². The van der Waals surface area contributed by atoms with Crippen molar-refractivity contribution in [1.82, 2.24) is 19.9 Å². The number of anilines is 2. The molecule has 4 rings (SSSR count). The first-order chi connectivity index (χ1) is 14.1. The van der Waals surface area contributed by atoms with E-state index in [1.807, 2.05) is 32.9 Å². The van der Waals surface area contributed by atoms with Crippen LogP contribution in [0.2, 0.25) is 5.15 Å². The quantitative estimate of drug-likeness (QED) is 0.410. The van der Waals surface area contributed by atoms with Crippen molar-refractivity contribution in [3.63, 3.8) is 0 Å². The van der Waals surface area contributed by atoms with Gasteiger partial charge in [-0.3, -0.25) is 4.98 Å². The minimum Gasteiger partial charge on any atom is -0.455 e. The third-order valence-corrected chi connectivity index (χ3v) is 4.04. The molecule has 0 aliphatic heterocycles. The van der Waals surface area contributed by atoms with Crippen LogP contribution in [0.4, 0.5) is 15.9 Å². The van der Waals surface area contributed by atoms with Gasteiger partial charge in [-0.05, 0) is 36.8 Å². The Balaban J connectivity index is 0.00000117. The van der Waals surface area contributed by atoms with Crippen molar-refractivity contribution in [2.24, 2.45) is 0 Å². The van der Waals surface area contributed by atoms with E-state index in [1.54, 1.807) is 18.3 Å². The van der Waals surface area contributed by atoms with Crippen LogP contribution in [0.25, 0.3) is 10.9 Å². The first-order valence-corrected chi connectivity index (χ1v) is 9.38. The SMILES string of the molecule is CC.Cc1cc(Nc2ncnc3cnc(Cl)cc23)ccc1Oc1cncc(F)c1. The molecule has 0 saturated heterocycles. The molecule has 0 saturated carbocycles. The topological polar surface area (TPSA) is 72.8 Å². The molecule has 0 unspecified atom stereocenters. The highest BCUT2D eigenvalue weighted by Gasteiger charge is 2.08. The van der Waals surface area contributed by atoms with E-state index in [2.05, 4.69) is 25.3 Å². The van der Waals surface area contributed by atoms with E-state index < -0.39 is 5.82 Å². The summed E-state index contributed by atoms with van der Waals surface area (Å²) in [7, 11) is 0. The molecule has 1 N–H and O–H groups in total. The van der Waals surface area contributed by atoms with Crippen LogP contribution in [0.3, 0.4) is 0 Å². The molecule has 8 heteroatoms. The van der Waals surface area contributed by atoms with E-state index in [1.165, 1.54) is 18.6 Å². The first-order valence-electron chi connectivity index (χ1n) is 9.01. The Hall–Kier alpha value is -3.32. The summed E-state index contributed by atoms with van der Waals surface area (Å²) in [6.07, 6.45) is 5.64. The van der Waals surface area contributed by atoms with Gasteiger partial charge in [-0.15, -0.1) is 0 Å². The Labute approximate surface area is 172 Å². The number of ether oxygens (including phenoxy) is 1. The van der Waals surface area contributed by atoms with E-state index >= 15 is 0 Å². The van der Waals surface area contributed by atoms with Gasteiger partial charge < -0.3 is 10.1 Å². The lowest BCUT2D eigenvalue weighted by Crippen LogP contribution is -1.97. The van der Waals surface area contributed by atoms with Crippen molar-refractivity contribution in [2.75, 3.05) is 5.32 Å². The van der Waals surface area contributed by atoms with Gasteiger partial charge in [-0.25, -0.2) is 19.3 Å². The third kappa shape index (κ3) is 4.94. The van der Waals surface area contributed by atoms with Crippen molar-refractivity contribution < 1.29 is 9.13 Å². The van der Waals surface area contributed by atoms with Crippen LogP contribution in [0.1, 0.15) is 19.4 Å². The lowest BCUT2D eigenvalue weighted by Gasteiger charge is -2.12. The van der Waals surface area contributed by atoms with Gasteiger partial charge >= 0.3 is 0 Å². The molecule has 0 amide bonds. The molecule has 4 aromatic rings. The number of benzene rings is 1. The van der Waals surface area contributed by atoms with E-state index in [0.717, 1.165) is 22.8 Å². The van der Waals surface area contributed by atoms with Gasteiger partial charge in [0.25, 0.3) is 0 Å². The van der Waals surface area contributed by atoms with Crippen LogP contribution >= 0.6 is 11.6 Å². The van der Waals surface area contributed by atoms with E-state index in [4.69, 9.17) is 16.3 Å². The number of aryl methyl sites for hydroxylation is 1. The molecule has 0 spiro atoms. The molecule has 1 aromatic carbocycles. The molecule has 6 nitrogen and oxygen atoms in total. The van der Waals surface area contributed by atoms with Crippen molar-refractivity contribution in [1.29, 1.82) is 0 Å². The smallest absolute Gasteiger partial charge is 0.148 e. The monoisotopic (exact) mass is 411 g/mol. The molecule has 148 valence electrons. The highest BCUT2D eigenvalue weighted by Crippen LogP contribution is 2.30. The second-order valence-corrected chi connectivity index (χ2v) is 6.18. The third-order valence-electron chi connectivity index (χ3n) is 3.83. The van der Waals surface area contributed by atoms with Gasteiger partial charge in [0.05, 0.1) is 24.1 Å². The van der Waals surface area contributed by atoms with Gasteiger partial charge in [0.1, 0.15) is 34.6 Å². The van der Waals surface area contributed by atoms with Crippen molar-refractivity contribution >= 4 is 34.0 Å². The fourth-order valence-electron chi connectivity index (χ4n) is 2.59. The first kappa shape index (κ1) is 20.4. The number of hydrogen-bond donors (Lipinski definition) is 1. The maximum Gasteiger partial charge on any atom is 0.148 e. The zero-order chi connectivity index (χ0) is 20.8. The average Bonchev–Trinajstić information content (AvgIpc) is 2.72. The number of rotatable bonds is 4. The number of aromatic nitrogens is 4. The second kappa shape index (κ2) is 9.25. The minimum atomic E-state index is -0.452. The van der Waals surface area contributed by atoms with Crippen LogP contribution < -0.4 is 10.1 Å². The summed E-state index contributed by atoms with van der Waals surface area (Å²) in [4.78, 5) is 16.3. The number of hydrogen-bond acceptors (Lipinski definition) is 6. The lowest BCUT2D eigenvalue weighted by atomic mass is 10.2. The lowest BCUT2D eigenvalue weighted by molar-refractivity contribution is 0.470. The van der Waals surface area contributed by atoms with Crippen LogP contribution in [0.15, 0.2) is 55.2 Å². The maximum atomic E-state index is 13.3. The van der Waals surface area contributed by atoms with Crippen LogP contribution in [-0.4, -0.2) is 19.9 Å². The molecule has 3 heterocycles. The maximum absolute atomic E-state index is 13.3. The van der Waals surface area contributed by atoms with Crippen molar-refractivity contribution in [2.45, 2.75) is 20.8 Å². The van der Waals surface area contributed by atoms with Gasteiger partial charge in [-0.2, -0.15) is 0 Å². The Morgan fingerprint density at radius 3 is 2.59 bits per heavy atom. The zero-order valence-electron chi connectivity index (χ0n) is 16.1. The van der Waals surface area contributed by atoms with Gasteiger partial charge in [0, 0.05) is 17.1 Å². The Kier molecular flexibility index (Phi) is 6.51. The molecule has 3 aromatic heterocycles. The highest BCUT2D eigenvalue weighted by atomic mass is 35.5. The van der Waals surface area contributed by atoms with Gasteiger partial charge in [0.2, 0.25) is 0 Å². The zero-order valence-corrected chi connectivity index (χ0v) is 16.9. The van der Waals surface area contributed by atoms with Crippen LogP contribution in [-0.2, 0) is 0 Å². The molecule has 0 fully saturated rings. The van der Waals surface area contributed by atoms with Crippen molar-refractivity contribution in [3.8, 4) is 11.5 Å². The standard InChI is InChI=1S/C19H13ClFN5O.C2H6/c1-11-4-13(2-3-17(11)27-14-5-12(21)7-22-8-14)26-19-15-6-18(20)23-9-16(15)24-10-25-19;1-2/h2-10H,1H3,(H,24,25,26);1-2H3. The fraction of sp³-hybridized carbons (Fsp3) is 0.143. The number of fused-ring (bicyclic) bond motifs is 1. The predicted molar refractivity (Wildman–Crippen MR) is 112 cm³/mol. The van der Waals surface area contributed by atoms with Crippen LogP contribution in [0, 0.1) is 12.7 Å². The highest BCUT2D eigenvalue weighted by molar-refractivity contribution is 6.30. The van der Waals surface area contributed by atoms with E-state index in [-0.39, 0.29) is 0 Å². The minimum absolute atomic E-state index is 0.336. The summed E-state index contributed by atoms with van der Waals surface area (Å²) in [5, 5.41) is 4.38. The summed E-state index contributed by atoms with van der Waals surface area (Å²) >= 11 is 5.98. The summed E-state index contributed by atoms with van der Waals surface area (Å²) in [6, 6.07) is 8.52. The normalized spacial score (nSPS) is 10.2. The molecular formula is C21H19ClFN5O. The number of nitrogens with one attached hydrogen (secondary N) is 1. The molecule has 0 aliphatic carbocycles. The Morgan fingerprint density at radius 2 is 1.83 bits per heavy atom. The summed E-state index contributed by atoms with van der Waals surface area (Å²) in [6.45, 7) is 5.89. The molecule has 0 aliphatic rings. The summed E-state index contributed by atoms with van der Waals surface area (Å²) < 4.78 is 19.0.